The Morgan fingerprint density at radius 2 is 2.18 bits per heavy atom. The second kappa shape index (κ2) is 8.52. The maximum Gasteiger partial charge on any atom is 0.695 e. The molecule has 1 aromatic carbocycles. The molecule has 1 aliphatic heterocycles. The highest BCUT2D eigenvalue weighted by Crippen LogP contribution is 2.36. The van der Waals surface area contributed by atoms with E-state index in [4.69, 9.17) is 36.2 Å². The minimum atomic E-state index is -3.04. The molecule has 1 aromatic heterocycles. The Labute approximate surface area is 165 Å². The summed E-state index contributed by atoms with van der Waals surface area (Å²) < 4.78 is 28.4. The average molecular weight is 431 g/mol. The molecule has 1 saturated heterocycles. The molecular weight excluding hydrogens is 413 g/mol. The Kier molecular flexibility index (Phi) is 6.29. The third kappa shape index (κ3) is 4.33. The largest absolute Gasteiger partial charge is 0.695 e. The highest BCUT2D eigenvalue weighted by molar-refractivity contribution is 7.32. The summed E-state index contributed by atoms with van der Waals surface area (Å²) in [5.74, 6) is 0.385. The van der Waals surface area contributed by atoms with Gasteiger partial charge in [-0.15, -0.1) is 9.42 Å². The summed E-state index contributed by atoms with van der Waals surface area (Å²) in [5, 5.41) is 10.9. The van der Waals surface area contributed by atoms with Gasteiger partial charge in [-0.1, -0.05) is 23.7 Å². The van der Waals surface area contributed by atoms with E-state index in [1.807, 2.05) is 13.0 Å². The number of nitrogens with zero attached hydrogens (tertiary/aromatic N) is 2. The van der Waals surface area contributed by atoms with Gasteiger partial charge in [-0.25, -0.2) is 4.79 Å². The van der Waals surface area contributed by atoms with Crippen molar-refractivity contribution in [3.63, 3.8) is 0 Å². The van der Waals surface area contributed by atoms with E-state index in [1.54, 1.807) is 12.1 Å². The Morgan fingerprint density at radius 3 is 2.86 bits per heavy atom. The first-order valence-electron chi connectivity index (χ1n) is 8.17. The molecule has 0 aliphatic carbocycles. The molecule has 0 spiro atoms. The number of aliphatic hydroxyl groups excluding tert-OH is 1. The number of aromatic nitrogens is 2. The summed E-state index contributed by atoms with van der Waals surface area (Å²) >= 11 is 6.19. The SMILES string of the molecule is Cc1cccc(OC[C@H]2O[C@@H](n3ccc(N)nc3=O)[C@H](O)[C@@H]2O[P+](=O)O)c1Cl. The highest BCUT2D eigenvalue weighted by atomic mass is 35.5. The van der Waals surface area contributed by atoms with Crippen LogP contribution in [0.2, 0.25) is 5.02 Å². The van der Waals surface area contributed by atoms with Gasteiger partial charge < -0.3 is 20.3 Å². The fourth-order valence-corrected chi connectivity index (χ4v) is 3.49. The van der Waals surface area contributed by atoms with Gasteiger partial charge in [0, 0.05) is 10.8 Å². The summed E-state index contributed by atoms with van der Waals surface area (Å²) in [5.41, 5.74) is 5.51. The van der Waals surface area contributed by atoms with Crippen molar-refractivity contribution in [3.05, 3.63) is 51.5 Å². The minimum Gasteiger partial charge on any atom is -0.489 e. The second-order valence-corrected chi connectivity index (χ2v) is 7.17. The van der Waals surface area contributed by atoms with Crippen LogP contribution >= 0.6 is 19.9 Å². The zero-order valence-electron chi connectivity index (χ0n) is 14.6. The molecule has 0 saturated carbocycles. The Hall–Kier alpha value is -2.07. The van der Waals surface area contributed by atoms with Gasteiger partial charge in [-0.3, -0.25) is 4.57 Å². The summed E-state index contributed by atoms with van der Waals surface area (Å²) in [4.78, 5) is 24.8. The van der Waals surface area contributed by atoms with E-state index in [1.165, 1.54) is 12.3 Å². The first kappa shape index (κ1) is 20.7. The van der Waals surface area contributed by atoms with Gasteiger partial charge in [0.1, 0.15) is 30.4 Å². The molecule has 3 rings (SSSR count). The fraction of sp³-hybridized carbons (Fsp3) is 0.375. The highest BCUT2D eigenvalue weighted by Gasteiger charge is 2.50. The monoisotopic (exact) mass is 430 g/mol. The molecule has 150 valence electrons. The molecule has 1 unspecified atom stereocenters. The molecule has 12 heteroatoms. The van der Waals surface area contributed by atoms with E-state index in [0.717, 1.165) is 10.1 Å². The molecule has 2 heterocycles. The molecule has 0 radical (unpaired) electrons. The van der Waals surface area contributed by atoms with Crippen LogP contribution in [0.25, 0.3) is 0 Å². The topological polar surface area (TPSA) is 146 Å². The van der Waals surface area contributed by atoms with Crippen LogP contribution in [0.3, 0.4) is 0 Å². The van der Waals surface area contributed by atoms with Gasteiger partial charge in [-0.05, 0) is 24.6 Å². The zero-order valence-corrected chi connectivity index (χ0v) is 16.3. The summed E-state index contributed by atoms with van der Waals surface area (Å²) in [6.07, 6.45) is -3.54. The number of anilines is 1. The van der Waals surface area contributed by atoms with Gasteiger partial charge in [0.05, 0.1) is 5.02 Å². The summed E-state index contributed by atoms with van der Waals surface area (Å²) in [6.45, 7) is 1.66. The molecule has 1 aliphatic rings. The smallest absolute Gasteiger partial charge is 0.489 e. The molecular formula is C16H18ClN3O7P+. The lowest BCUT2D eigenvalue weighted by molar-refractivity contribution is -0.0511. The third-order valence-electron chi connectivity index (χ3n) is 4.21. The number of hydrogen-bond acceptors (Lipinski definition) is 8. The lowest BCUT2D eigenvalue weighted by Gasteiger charge is -2.17. The first-order chi connectivity index (χ1) is 13.3. The number of halogens is 1. The van der Waals surface area contributed by atoms with Crippen LogP contribution in [-0.4, -0.2) is 44.5 Å². The van der Waals surface area contributed by atoms with Crippen molar-refractivity contribution in [1.82, 2.24) is 9.55 Å². The van der Waals surface area contributed by atoms with Gasteiger partial charge in [0.25, 0.3) is 0 Å². The number of ether oxygens (including phenoxy) is 2. The van der Waals surface area contributed by atoms with Crippen LogP contribution < -0.4 is 16.2 Å². The van der Waals surface area contributed by atoms with E-state index < -0.39 is 38.5 Å². The summed E-state index contributed by atoms with van der Waals surface area (Å²) in [6, 6.07) is 6.57. The van der Waals surface area contributed by atoms with Crippen molar-refractivity contribution in [2.45, 2.75) is 31.5 Å². The standard InChI is InChI=1S/C16H17ClN3O7P/c1-8-3-2-4-9(12(8)17)25-7-10-14(27-28(23)24)13(21)15(26-10)20-6-5-11(18)19-16(20)22/h2-6,10,13-15,21H,7H2,1H3,(H2-,18,19,22,23,24)/p+1/t10-,13-,14-,15-/m1/s1. The molecule has 2 aromatic rings. The van der Waals surface area contributed by atoms with Crippen LogP contribution in [0.5, 0.6) is 5.75 Å². The van der Waals surface area contributed by atoms with Crippen LogP contribution in [-0.2, 0) is 13.8 Å². The molecule has 28 heavy (non-hydrogen) atoms. The van der Waals surface area contributed by atoms with Crippen molar-refractivity contribution in [1.29, 1.82) is 0 Å². The van der Waals surface area contributed by atoms with Gasteiger partial charge >= 0.3 is 13.9 Å². The van der Waals surface area contributed by atoms with Crippen molar-refractivity contribution in [2.75, 3.05) is 12.3 Å². The molecule has 5 atom stereocenters. The number of nitrogens with two attached hydrogens (primary N) is 1. The number of rotatable bonds is 6. The van der Waals surface area contributed by atoms with Crippen molar-refractivity contribution in [2.24, 2.45) is 0 Å². The minimum absolute atomic E-state index is 0.00828. The van der Waals surface area contributed by atoms with Crippen LogP contribution in [0.4, 0.5) is 5.82 Å². The first-order valence-corrected chi connectivity index (χ1v) is 9.67. The predicted molar refractivity (Wildman–Crippen MR) is 99.2 cm³/mol. The lowest BCUT2D eigenvalue weighted by Crippen LogP contribution is -2.37. The van der Waals surface area contributed by atoms with Crippen molar-refractivity contribution < 1.29 is 28.6 Å². The quantitative estimate of drug-likeness (QED) is 0.574. The molecule has 4 N–H and O–H groups in total. The molecule has 10 nitrogen and oxygen atoms in total. The van der Waals surface area contributed by atoms with Gasteiger partial charge in [0.15, 0.2) is 12.3 Å². The van der Waals surface area contributed by atoms with E-state index >= 15 is 0 Å². The maximum atomic E-state index is 12.1. The van der Waals surface area contributed by atoms with Crippen molar-refractivity contribution in [3.8, 4) is 5.75 Å². The Morgan fingerprint density at radius 1 is 1.43 bits per heavy atom. The Bertz CT molecular complexity index is 941. The lowest BCUT2D eigenvalue weighted by atomic mass is 10.1. The molecule has 0 amide bonds. The van der Waals surface area contributed by atoms with E-state index in [2.05, 4.69) is 4.98 Å². The summed E-state index contributed by atoms with van der Waals surface area (Å²) in [7, 11) is -3.04. The fourth-order valence-electron chi connectivity index (χ4n) is 2.84. The average Bonchev–Trinajstić information content (AvgIpc) is 2.92. The van der Waals surface area contributed by atoms with E-state index in [9.17, 15) is 14.5 Å². The third-order valence-corrected chi connectivity index (χ3v) is 5.11. The van der Waals surface area contributed by atoms with Gasteiger partial charge in [0.2, 0.25) is 0 Å². The predicted octanol–water partition coefficient (Wildman–Crippen LogP) is 1.16. The second-order valence-electron chi connectivity index (χ2n) is 6.10. The Balaban J connectivity index is 1.83. The molecule has 0 bridgehead atoms. The van der Waals surface area contributed by atoms with E-state index in [-0.39, 0.29) is 12.4 Å². The number of aryl methyl sites for hydroxylation is 1. The number of benzene rings is 1. The zero-order chi connectivity index (χ0) is 20.4. The van der Waals surface area contributed by atoms with Crippen LogP contribution in [0.15, 0.2) is 35.3 Å². The van der Waals surface area contributed by atoms with Gasteiger partial charge in [-0.2, -0.15) is 4.98 Å². The molecule has 1 fully saturated rings. The number of hydrogen-bond donors (Lipinski definition) is 3. The number of nitrogen functional groups attached to an aromatic ring is 1. The van der Waals surface area contributed by atoms with Crippen LogP contribution in [0, 0.1) is 6.92 Å². The van der Waals surface area contributed by atoms with Crippen molar-refractivity contribution >= 4 is 25.7 Å². The van der Waals surface area contributed by atoms with E-state index in [0.29, 0.717) is 10.8 Å². The number of aliphatic hydroxyl groups is 1. The van der Waals surface area contributed by atoms with Crippen LogP contribution in [0.1, 0.15) is 11.8 Å². The maximum absolute atomic E-state index is 12.1. The normalized spacial score (nSPS) is 24.9.